The van der Waals surface area contributed by atoms with E-state index in [1.54, 1.807) is 37.4 Å². The maximum absolute atomic E-state index is 11.9. The summed E-state index contributed by atoms with van der Waals surface area (Å²) in [7, 11) is 1.56. The lowest BCUT2D eigenvalue weighted by Crippen LogP contribution is -2.17. The van der Waals surface area contributed by atoms with Crippen LogP contribution in [0.1, 0.15) is 48.8 Å². The topological polar surface area (TPSA) is 123 Å². The fourth-order valence-corrected chi connectivity index (χ4v) is 3.34. The lowest BCUT2D eigenvalue weighted by molar-refractivity contribution is 0.0988. The van der Waals surface area contributed by atoms with Crippen LogP contribution in [0.4, 0.5) is 0 Å². The number of carbonyl (C=O) groups is 1. The molecule has 0 aliphatic heterocycles. The first kappa shape index (κ1) is 21.2. The quantitative estimate of drug-likeness (QED) is 0.463. The number of hydrogen-bond acceptors (Lipinski definition) is 6. The Morgan fingerprint density at radius 3 is 2.43 bits per heavy atom. The maximum Gasteiger partial charge on any atom is 0.287 e. The van der Waals surface area contributed by atoms with Crippen molar-refractivity contribution in [1.82, 2.24) is 14.8 Å². The van der Waals surface area contributed by atoms with Crippen molar-refractivity contribution in [2.75, 3.05) is 7.11 Å². The number of nitrogens with two attached hydrogens (primary N) is 1. The zero-order valence-corrected chi connectivity index (χ0v) is 17.1. The van der Waals surface area contributed by atoms with Gasteiger partial charge in [-0.05, 0) is 48.7 Å². The van der Waals surface area contributed by atoms with E-state index >= 15 is 0 Å². The van der Waals surface area contributed by atoms with E-state index in [2.05, 4.69) is 17.1 Å². The Labute approximate surface area is 174 Å². The molecule has 1 aromatic heterocycles. The van der Waals surface area contributed by atoms with E-state index in [0.717, 1.165) is 25.7 Å². The molecule has 0 saturated carbocycles. The summed E-state index contributed by atoms with van der Waals surface area (Å²) >= 11 is 0. The van der Waals surface area contributed by atoms with E-state index in [9.17, 15) is 15.0 Å². The SMILES string of the molecule is CCCCCCc1cc(-c2nnc(C(N)=O)n2-c2ccc(OC)cc2)c(O)cc1O. The number of hydrogen-bond donors (Lipinski definition) is 3. The molecule has 8 heteroatoms. The largest absolute Gasteiger partial charge is 0.508 e. The van der Waals surface area contributed by atoms with Crippen LogP contribution in [-0.2, 0) is 6.42 Å². The number of aromatic nitrogens is 3. The predicted octanol–water partition coefficient (Wildman–Crippen LogP) is 3.58. The van der Waals surface area contributed by atoms with E-state index in [1.165, 1.54) is 10.6 Å². The first-order chi connectivity index (χ1) is 14.5. The van der Waals surface area contributed by atoms with Gasteiger partial charge in [0.1, 0.15) is 17.2 Å². The Hall–Kier alpha value is -3.55. The highest BCUT2D eigenvalue weighted by Crippen LogP contribution is 2.36. The molecule has 2 aromatic carbocycles. The number of carbonyl (C=O) groups excluding carboxylic acids is 1. The van der Waals surface area contributed by atoms with E-state index < -0.39 is 5.91 Å². The third-order valence-electron chi connectivity index (χ3n) is 4.95. The summed E-state index contributed by atoms with van der Waals surface area (Å²) in [6, 6.07) is 9.93. The summed E-state index contributed by atoms with van der Waals surface area (Å²) in [5.74, 6) is -0.0479. The van der Waals surface area contributed by atoms with Crippen molar-refractivity contribution in [3.05, 3.63) is 47.8 Å². The van der Waals surface area contributed by atoms with Gasteiger partial charge in [-0.25, -0.2) is 0 Å². The van der Waals surface area contributed by atoms with Gasteiger partial charge in [0.15, 0.2) is 5.82 Å². The van der Waals surface area contributed by atoms with Crippen LogP contribution >= 0.6 is 0 Å². The Morgan fingerprint density at radius 1 is 1.07 bits per heavy atom. The molecule has 0 bridgehead atoms. The van der Waals surface area contributed by atoms with Gasteiger partial charge < -0.3 is 20.7 Å². The van der Waals surface area contributed by atoms with Crippen molar-refractivity contribution in [2.45, 2.75) is 39.0 Å². The number of nitrogens with zero attached hydrogens (tertiary/aromatic N) is 3. The number of phenols is 2. The van der Waals surface area contributed by atoms with Crippen molar-refractivity contribution >= 4 is 5.91 Å². The normalized spacial score (nSPS) is 10.9. The van der Waals surface area contributed by atoms with Crippen molar-refractivity contribution in [2.24, 2.45) is 5.73 Å². The minimum Gasteiger partial charge on any atom is -0.508 e. The van der Waals surface area contributed by atoms with E-state index in [4.69, 9.17) is 10.5 Å². The Morgan fingerprint density at radius 2 is 1.80 bits per heavy atom. The lowest BCUT2D eigenvalue weighted by atomic mass is 10.0. The molecule has 0 saturated heterocycles. The monoisotopic (exact) mass is 410 g/mol. The van der Waals surface area contributed by atoms with Gasteiger partial charge in [-0.15, -0.1) is 10.2 Å². The van der Waals surface area contributed by atoms with Crippen LogP contribution in [0.25, 0.3) is 17.1 Å². The molecule has 0 fully saturated rings. The molecule has 30 heavy (non-hydrogen) atoms. The molecular weight excluding hydrogens is 384 g/mol. The fraction of sp³-hybridized carbons (Fsp3) is 0.318. The molecule has 8 nitrogen and oxygen atoms in total. The maximum atomic E-state index is 11.9. The molecule has 0 atom stereocenters. The molecule has 0 aliphatic rings. The smallest absolute Gasteiger partial charge is 0.287 e. The fourth-order valence-electron chi connectivity index (χ4n) is 3.34. The highest BCUT2D eigenvalue weighted by atomic mass is 16.5. The number of ether oxygens (including phenoxy) is 1. The van der Waals surface area contributed by atoms with Crippen LogP contribution in [-0.4, -0.2) is 38.0 Å². The Bertz CT molecular complexity index is 1030. The van der Waals surface area contributed by atoms with E-state index in [1.807, 2.05) is 0 Å². The molecule has 0 aliphatic carbocycles. The molecule has 3 aromatic rings. The number of unbranched alkanes of at least 4 members (excludes halogenated alkanes) is 3. The average molecular weight is 410 g/mol. The minimum atomic E-state index is -0.748. The molecule has 0 unspecified atom stereocenters. The number of aromatic hydroxyl groups is 2. The zero-order valence-electron chi connectivity index (χ0n) is 17.1. The van der Waals surface area contributed by atoms with Gasteiger partial charge in [0, 0.05) is 11.8 Å². The number of rotatable bonds is 9. The van der Waals surface area contributed by atoms with Crippen LogP contribution in [0.5, 0.6) is 17.2 Å². The minimum absolute atomic E-state index is 0.0263. The third-order valence-corrected chi connectivity index (χ3v) is 4.95. The lowest BCUT2D eigenvalue weighted by Gasteiger charge is -2.13. The first-order valence-corrected chi connectivity index (χ1v) is 9.91. The number of amides is 1. The number of primary amides is 1. The molecule has 4 N–H and O–H groups in total. The van der Waals surface area contributed by atoms with Gasteiger partial charge in [-0.1, -0.05) is 26.2 Å². The molecule has 0 radical (unpaired) electrons. The molecular formula is C22H26N4O4. The van der Waals surface area contributed by atoms with Crippen molar-refractivity contribution in [1.29, 1.82) is 0 Å². The standard InChI is InChI=1S/C22H26N4O4/c1-3-4-5-6-7-14-12-17(19(28)13-18(14)27)21-24-25-22(20(23)29)26(21)15-8-10-16(30-2)11-9-15/h8-13,27-28H,3-7H2,1-2H3,(H2,23,29). The summed E-state index contributed by atoms with van der Waals surface area (Å²) in [6.07, 6.45) is 4.88. The van der Waals surface area contributed by atoms with Gasteiger partial charge in [-0.2, -0.15) is 0 Å². The highest BCUT2D eigenvalue weighted by Gasteiger charge is 2.22. The van der Waals surface area contributed by atoms with Crippen LogP contribution in [0.2, 0.25) is 0 Å². The second-order valence-electron chi connectivity index (χ2n) is 7.05. The predicted molar refractivity (Wildman–Crippen MR) is 113 cm³/mol. The molecule has 0 spiro atoms. The summed E-state index contributed by atoms with van der Waals surface area (Å²) in [4.78, 5) is 11.9. The zero-order chi connectivity index (χ0) is 21.7. The highest BCUT2D eigenvalue weighted by molar-refractivity contribution is 5.90. The summed E-state index contributed by atoms with van der Waals surface area (Å²) in [6.45, 7) is 2.14. The van der Waals surface area contributed by atoms with Crippen LogP contribution < -0.4 is 10.5 Å². The first-order valence-electron chi connectivity index (χ1n) is 9.91. The summed E-state index contributed by atoms with van der Waals surface area (Å²) in [5, 5.41) is 28.8. The number of methoxy groups -OCH3 is 1. The van der Waals surface area contributed by atoms with Crippen molar-refractivity contribution < 1.29 is 19.7 Å². The van der Waals surface area contributed by atoms with Crippen LogP contribution in [0, 0.1) is 0 Å². The summed E-state index contributed by atoms with van der Waals surface area (Å²) in [5.41, 5.74) is 7.13. The second-order valence-corrected chi connectivity index (χ2v) is 7.05. The van der Waals surface area contributed by atoms with Crippen molar-refractivity contribution in [3.8, 4) is 34.3 Å². The Balaban J connectivity index is 2.07. The Kier molecular flexibility index (Phi) is 6.56. The van der Waals surface area contributed by atoms with E-state index in [0.29, 0.717) is 29.0 Å². The van der Waals surface area contributed by atoms with Crippen LogP contribution in [0.15, 0.2) is 36.4 Å². The molecule has 1 amide bonds. The molecule has 3 rings (SSSR count). The van der Waals surface area contributed by atoms with Crippen LogP contribution in [0.3, 0.4) is 0 Å². The average Bonchev–Trinajstić information content (AvgIpc) is 3.17. The van der Waals surface area contributed by atoms with E-state index in [-0.39, 0.29) is 23.1 Å². The van der Waals surface area contributed by atoms with Gasteiger partial charge in [0.2, 0.25) is 5.82 Å². The third kappa shape index (κ3) is 4.37. The van der Waals surface area contributed by atoms with Crippen molar-refractivity contribution in [3.63, 3.8) is 0 Å². The second kappa shape index (κ2) is 9.30. The summed E-state index contributed by atoms with van der Waals surface area (Å²) < 4.78 is 6.66. The van der Waals surface area contributed by atoms with Gasteiger partial charge >= 0.3 is 0 Å². The number of benzene rings is 2. The van der Waals surface area contributed by atoms with Gasteiger partial charge in [-0.3, -0.25) is 9.36 Å². The number of aryl methyl sites for hydroxylation is 1. The van der Waals surface area contributed by atoms with Gasteiger partial charge in [0.05, 0.1) is 12.7 Å². The van der Waals surface area contributed by atoms with Gasteiger partial charge in [0.25, 0.3) is 5.91 Å². The number of phenolic OH excluding ortho intramolecular Hbond substituents is 2. The molecule has 158 valence electrons. The molecule has 1 heterocycles.